The quantitative estimate of drug-likeness (QED) is 0.259. The van der Waals surface area contributed by atoms with Gasteiger partial charge in [0.1, 0.15) is 5.75 Å². The summed E-state index contributed by atoms with van der Waals surface area (Å²) in [4.78, 5) is 18.5. The highest BCUT2D eigenvalue weighted by Gasteiger charge is 2.42. The SMILES string of the molecule is CCCC[C@]1(CC)CS(=O)(=O)c2cc(CNCCP(=O)(O)O)c(OC)cc2[C@@H](c2ccccc2)N1. The molecule has 2 aromatic rings. The summed E-state index contributed by atoms with van der Waals surface area (Å²) in [5, 5.41) is 6.74. The first kappa shape index (κ1) is 27.8. The molecule has 10 heteroatoms. The Morgan fingerprint density at radius 1 is 1.20 bits per heavy atom. The van der Waals surface area contributed by atoms with Gasteiger partial charge in [-0.15, -0.1) is 0 Å². The third-order valence-corrected chi connectivity index (χ3v) is 9.45. The molecule has 0 bridgehead atoms. The predicted molar refractivity (Wildman–Crippen MR) is 138 cm³/mol. The van der Waals surface area contributed by atoms with E-state index in [1.807, 2.05) is 37.3 Å². The Hall–Kier alpha value is -1.74. The largest absolute Gasteiger partial charge is 0.496 e. The standard InChI is InChI=1S/C25H37N2O6PS/c1-4-6-12-25(5-2)18-35(31,32)23-15-20(17-26-13-14-34(28,29)30)22(33-3)16-21(23)24(27-25)19-10-8-7-9-11-19/h7-11,15-16,24,26-27H,4-6,12-14,17-18H2,1-3H3,(H2,28,29,30)/t24-,25-/m1/s1. The van der Waals surface area contributed by atoms with Gasteiger partial charge >= 0.3 is 7.60 Å². The number of methoxy groups -OCH3 is 1. The van der Waals surface area contributed by atoms with E-state index in [1.165, 1.54) is 7.11 Å². The Morgan fingerprint density at radius 3 is 2.51 bits per heavy atom. The Morgan fingerprint density at radius 2 is 1.91 bits per heavy atom. The molecule has 4 N–H and O–H groups in total. The van der Waals surface area contributed by atoms with E-state index in [9.17, 15) is 13.0 Å². The van der Waals surface area contributed by atoms with Crippen molar-refractivity contribution in [1.29, 1.82) is 0 Å². The first-order valence-electron chi connectivity index (χ1n) is 12.1. The zero-order valence-electron chi connectivity index (χ0n) is 20.7. The lowest BCUT2D eigenvalue weighted by Crippen LogP contribution is -2.50. The van der Waals surface area contributed by atoms with Gasteiger partial charge in [-0.1, -0.05) is 57.0 Å². The summed E-state index contributed by atoms with van der Waals surface area (Å²) in [6.07, 6.45) is 3.04. The summed E-state index contributed by atoms with van der Waals surface area (Å²) >= 11 is 0. The Balaban J connectivity index is 2.10. The summed E-state index contributed by atoms with van der Waals surface area (Å²) in [7, 11) is -6.22. The Bertz CT molecular complexity index is 1150. The fourth-order valence-corrected chi connectivity index (χ4v) is 7.33. The van der Waals surface area contributed by atoms with Crippen LogP contribution in [0.2, 0.25) is 0 Å². The molecule has 0 unspecified atom stereocenters. The number of rotatable bonds is 11. The van der Waals surface area contributed by atoms with Crippen molar-refractivity contribution in [2.45, 2.75) is 62.6 Å². The molecule has 2 atom stereocenters. The number of sulfone groups is 1. The van der Waals surface area contributed by atoms with E-state index >= 15 is 0 Å². The molecule has 0 saturated carbocycles. The second kappa shape index (κ2) is 11.5. The highest BCUT2D eigenvalue weighted by molar-refractivity contribution is 7.91. The van der Waals surface area contributed by atoms with Crippen molar-refractivity contribution in [3.63, 3.8) is 0 Å². The lowest BCUT2D eigenvalue weighted by Gasteiger charge is -2.36. The van der Waals surface area contributed by atoms with Crippen molar-refractivity contribution in [2.75, 3.05) is 25.6 Å². The third-order valence-electron chi connectivity index (χ3n) is 6.69. The van der Waals surface area contributed by atoms with Crippen LogP contribution in [0.25, 0.3) is 0 Å². The average molecular weight is 525 g/mol. The maximum Gasteiger partial charge on any atom is 0.326 e. The third kappa shape index (κ3) is 6.94. The molecule has 0 amide bonds. The molecule has 0 radical (unpaired) electrons. The molecule has 194 valence electrons. The van der Waals surface area contributed by atoms with Crippen LogP contribution in [0.15, 0.2) is 47.4 Å². The van der Waals surface area contributed by atoms with Crippen LogP contribution in [0.3, 0.4) is 0 Å². The second-order valence-corrected chi connectivity index (χ2v) is 13.0. The maximum atomic E-state index is 13.8. The van der Waals surface area contributed by atoms with E-state index < -0.39 is 23.0 Å². The molecule has 8 nitrogen and oxygen atoms in total. The van der Waals surface area contributed by atoms with E-state index in [1.54, 1.807) is 12.1 Å². The second-order valence-electron chi connectivity index (χ2n) is 9.25. The number of ether oxygens (including phenoxy) is 1. The van der Waals surface area contributed by atoms with Crippen LogP contribution in [0, 0.1) is 0 Å². The number of hydrogen-bond donors (Lipinski definition) is 4. The molecule has 2 aromatic carbocycles. The zero-order valence-corrected chi connectivity index (χ0v) is 22.4. The molecule has 3 rings (SSSR count). The number of nitrogens with one attached hydrogen (secondary N) is 2. The molecular formula is C25H37N2O6PS. The van der Waals surface area contributed by atoms with Crippen molar-refractivity contribution in [2.24, 2.45) is 0 Å². The summed E-state index contributed by atoms with van der Waals surface area (Å²) in [6, 6.07) is 13.0. The summed E-state index contributed by atoms with van der Waals surface area (Å²) in [5.74, 6) is 0.535. The highest BCUT2D eigenvalue weighted by Crippen LogP contribution is 2.41. The molecule has 0 fully saturated rings. The minimum Gasteiger partial charge on any atom is -0.496 e. The lowest BCUT2D eigenvalue weighted by atomic mass is 9.88. The van der Waals surface area contributed by atoms with Crippen LogP contribution in [0.5, 0.6) is 5.75 Å². The molecule has 0 saturated heterocycles. The smallest absolute Gasteiger partial charge is 0.326 e. The van der Waals surface area contributed by atoms with Crippen molar-refractivity contribution in [3.05, 3.63) is 59.2 Å². The molecular weight excluding hydrogens is 487 g/mol. The van der Waals surface area contributed by atoms with Gasteiger partial charge in [0.2, 0.25) is 0 Å². The first-order valence-corrected chi connectivity index (χ1v) is 15.5. The van der Waals surface area contributed by atoms with Gasteiger partial charge < -0.3 is 19.8 Å². The Kier molecular flexibility index (Phi) is 9.18. The predicted octanol–water partition coefficient (Wildman–Crippen LogP) is 3.77. The molecule has 35 heavy (non-hydrogen) atoms. The molecule has 0 aliphatic carbocycles. The lowest BCUT2D eigenvalue weighted by molar-refractivity contribution is 0.294. The van der Waals surface area contributed by atoms with E-state index in [0.717, 1.165) is 24.8 Å². The van der Waals surface area contributed by atoms with E-state index in [-0.39, 0.29) is 35.9 Å². The van der Waals surface area contributed by atoms with Gasteiger partial charge in [0, 0.05) is 24.2 Å². The Labute approximate surface area is 208 Å². The van der Waals surface area contributed by atoms with E-state index in [2.05, 4.69) is 17.6 Å². The molecule has 1 aliphatic heterocycles. The number of fused-ring (bicyclic) bond motifs is 1. The van der Waals surface area contributed by atoms with Crippen molar-refractivity contribution in [3.8, 4) is 5.75 Å². The van der Waals surface area contributed by atoms with Gasteiger partial charge in [0.05, 0.1) is 30.0 Å². The summed E-state index contributed by atoms with van der Waals surface area (Å²) in [5.41, 5.74) is 1.70. The van der Waals surface area contributed by atoms with Crippen molar-refractivity contribution in [1.82, 2.24) is 10.6 Å². The molecule has 1 aliphatic rings. The number of benzene rings is 2. The number of hydrogen-bond acceptors (Lipinski definition) is 6. The highest BCUT2D eigenvalue weighted by atomic mass is 32.2. The van der Waals surface area contributed by atoms with Gasteiger partial charge in [-0.3, -0.25) is 9.88 Å². The summed E-state index contributed by atoms with van der Waals surface area (Å²) < 4.78 is 44.4. The van der Waals surface area contributed by atoms with Crippen LogP contribution in [0.4, 0.5) is 0 Å². The van der Waals surface area contributed by atoms with Gasteiger partial charge in [-0.05, 0) is 36.1 Å². The van der Waals surface area contributed by atoms with Gasteiger partial charge in [-0.25, -0.2) is 8.42 Å². The monoisotopic (exact) mass is 524 g/mol. The number of unbranched alkanes of at least 4 members (excludes halogenated alkanes) is 1. The van der Waals surface area contributed by atoms with Crippen LogP contribution >= 0.6 is 7.60 Å². The van der Waals surface area contributed by atoms with Gasteiger partial charge in [-0.2, -0.15) is 0 Å². The van der Waals surface area contributed by atoms with E-state index in [0.29, 0.717) is 23.3 Å². The first-order chi connectivity index (χ1) is 16.5. The van der Waals surface area contributed by atoms with E-state index in [4.69, 9.17) is 14.5 Å². The molecule has 0 aromatic heterocycles. The molecule has 1 heterocycles. The fourth-order valence-electron chi connectivity index (χ4n) is 4.70. The van der Waals surface area contributed by atoms with Crippen LogP contribution in [0.1, 0.15) is 62.3 Å². The zero-order chi connectivity index (χ0) is 25.7. The normalized spacial score (nSPS) is 21.8. The molecule has 0 spiro atoms. The minimum absolute atomic E-state index is 0.00420. The van der Waals surface area contributed by atoms with Crippen LogP contribution in [-0.2, 0) is 20.9 Å². The fraction of sp³-hybridized carbons (Fsp3) is 0.520. The van der Waals surface area contributed by atoms with Crippen molar-refractivity contribution < 1.29 is 27.5 Å². The maximum absolute atomic E-state index is 13.8. The van der Waals surface area contributed by atoms with Crippen LogP contribution < -0.4 is 15.4 Å². The minimum atomic E-state index is -4.12. The topological polar surface area (TPSA) is 125 Å². The van der Waals surface area contributed by atoms with Crippen molar-refractivity contribution >= 4 is 17.4 Å². The average Bonchev–Trinajstić information content (AvgIpc) is 2.92. The van der Waals surface area contributed by atoms with Gasteiger partial charge in [0.15, 0.2) is 9.84 Å². The van der Waals surface area contributed by atoms with Crippen LogP contribution in [-0.4, -0.2) is 49.3 Å². The summed E-state index contributed by atoms with van der Waals surface area (Å²) in [6.45, 7) is 4.47. The van der Waals surface area contributed by atoms with Gasteiger partial charge in [0.25, 0.3) is 0 Å².